The zero-order chi connectivity index (χ0) is 40.2. The molecule has 0 fully saturated rings. The minimum Gasteiger partial charge on any atom is -0.465 e. The fourth-order valence-electron chi connectivity index (χ4n) is 8.45. The largest absolute Gasteiger partial charge is 0.465 e. The second-order valence-corrected chi connectivity index (χ2v) is 17.2. The number of quaternary nitrogens is 2. The molecular formula is C46H94N2O6+2. The zero-order valence-electron chi connectivity index (χ0n) is 37.0. The van der Waals surface area contributed by atoms with Crippen molar-refractivity contribution in [1.82, 2.24) is 0 Å². The van der Waals surface area contributed by atoms with Gasteiger partial charge in [-0.3, -0.25) is 0 Å². The second-order valence-electron chi connectivity index (χ2n) is 17.2. The predicted molar refractivity (Wildman–Crippen MR) is 227 cm³/mol. The number of nitrogens with zero attached hydrogens (tertiary/aromatic N) is 2. The standard InChI is InChI=1S/C46H94N2O6/c1-7-9-11-13-15-17-21-25-29-33-37-47(3,43(41-49)45(51)53-5)39-35-31-27-23-19-20-24-28-32-36-40-48(4,44(42-50)46(52)54-6)38-34-30-26-22-18-16-14-12-10-8-2/h43-44,49-50H,7-42H2,1-6H3/q+2/t43-,44-,47?,48?/m0/s1. The first kappa shape index (κ1) is 52.8. The summed E-state index contributed by atoms with van der Waals surface area (Å²) in [4.78, 5) is 25.2. The lowest BCUT2D eigenvalue weighted by atomic mass is 10.0. The van der Waals surface area contributed by atoms with Crippen molar-refractivity contribution in [3.05, 3.63) is 0 Å². The number of carbonyl (C=O) groups is 2. The third-order valence-corrected chi connectivity index (χ3v) is 12.4. The Hall–Kier alpha value is -1.22. The molecule has 0 saturated heterocycles. The summed E-state index contributed by atoms with van der Waals surface area (Å²) in [5.74, 6) is -0.581. The summed E-state index contributed by atoms with van der Waals surface area (Å²) in [6, 6.07) is -1.00. The van der Waals surface area contributed by atoms with Gasteiger partial charge in [0.25, 0.3) is 0 Å². The molecule has 0 saturated carbocycles. The number of hydrogen-bond donors (Lipinski definition) is 2. The molecule has 2 N–H and O–H groups in total. The Bertz CT molecular complexity index is 791. The van der Waals surface area contributed by atoms with Crippen LogP contribution in [0.1, 0.15) is 206 Å². The number of likely N-dealkylation sites (N-methyl/N-ethyl adjacent to an activating group) is 2. The molecule has 0 radical (unpaired) electrons. The van der Waals surface area contributed by atoms with Gasteiger partial charge in [-0.15, -0.1) is 0 Å². The Balaban J connectivity index is 4.42. The molecule has 0 heterocycles. The van der Waals surface area contributed by atoms with Crippen LogP contribution in [0.25, 0.3) is 0 Å². The van der Waals surface area contributed by atoms with E-state index in [0.717, 1.165) is 64.7 Å². The molecule has 0 aliphatic carbocycles. The van der Waals surface area contributed by atoms with E-state index in [1.54, 1.807) is 0 Å². The molecule has 0 aromatic rings. The van der Waals surface area contributed by atoms with E-state index < -0.39 is 12.1 Å². The van der Waals surface area contributed by atoms with Gasteiger partial charge in [-0.1, -0.05) is 155 Å². The van der Waals surface area contributed by atoms with E-state index in [0.29, 0.717) is 8.97 Å². The van der Waals surface area contributed by atoms with Crippen molar-refractivity contribution in [2.45, 2.75) is 219 Å². The maximum Gasteiger partial charge on any atom is 0.367 e. The Kier molecular flexibility index (Phi) is 35.3. The molecule has 0 aromatic heterocycles. The third kappa shape index (κ3) is 25.8. The predicted octanol–water partition coefficient (Wildman–Crippen LogP) is 10.7. The summed E-state index contributed by atoms with van der Waals surface area (Å²) >= 11 is 0. The Morgan fingerprint density at radius 1 is 0.389 bits per heavy atom. The highest BCUT2D eigenvalue weighted by Gasteiger charge is 2.39. The lowest BCUT2D eigenvalue weighted by molar-refractivity contribution is -0.926. The van der Waals surface area contributed by atoms with Gasteiger partial charge in [0.05, 0.1) is 54.5 Å². The number of aliphatic hydroxyl groups is 2. The first-order chi connectivity index (χ1) is 26.2. The average molecular weight is 771 g/mol. The topological polar surface area (TPSA) is 93.1 Å². The maximum atomic E-state index is 12.6. The number of carbonyl (C=O) groups excluding carboxylic acids is 2. The van der Waals surface area contributed by atoms with Crippen LogP contribution in [-0.2, 0) is 19.1 Å². The van der Waals surface area contributed by atoms with Crippen molar-refractivity contribution in [1.29, 1.82) is 0 Å². The lowest BCUT2D eigenvalue weighted by Gasteiger charge is -2.39. The van der Waals surface area contributed by atoms with Crippen LogP contribution in [0.2, 0.25) is 0 Å². The molecule has 0 aliphatic heterocycles. The molecule has 8 heteroatoms. The highest BCUT2D eigenvalue weighted by atomic mass is 16.5. The van der Waals surface area contributed by atoms with Gasteiger partial charge in [-0.2, -0.15) is 0 Å². The van der Waals surface area contributed by atoms with Crippen molar-refractivity contribution >= 4 is 11.9 Å². The summed E-state index contributed by atoms with van der Waals surface area (Å²) in [5.41, 5.74) is 0. The van der Waals surface area contributed by atoms with Crippen LogP contribution >= 0.6 is 0 Å². The van der Waals surface area contributed by atoms with Crippen LogP contribution in [0.3, 0.4) is 0 Å². The Morgan fingerprint density at radius 3 is 0.741 bits per heavy atom. The molecule has 0 rings (SSSR count). The minimum absolute atomic E-state index is 0.161. The molecule has 0 amide bonds. The highest BCUT2D eigenvalue weighted by Crippen LogP contribution is 2.21. The van der Waals surface area contributed by atoms with Crippen LogP contribution in [0, 0.1) is 0 Å². The fourth-order valence-corrected chi connectivity index (χ4v) is 8.45. The summed E-state index contributed by atoms with van der Waals surface area (Å²) in [6.45, 7) is 7.84. The number of methoxy groups -OCH3 is 2. The van der Waals surface area contributed by atoms with E-state index >= 15 is 0 Å². The minimum atomic E-state index is -0.500. The number of rotatable bonds is 41. The Morgan fingerprint density at radius 2 is 0.574 bits per heavy atom. The first-order valence-corrected chi connectivity index (χ1v) is 23.2. The molecule has 2 unspecified atom stereocenters. The van der Waals surface area contributed by atoms with E-state index in [4.69, 9.17) is 9.47 Å². The number of ether oxygens (including phenoxy) is 2. The monoisotopic (exact) mass is 771 g/mol. The summed E-state index contributed by atoms with van der Waals surface area (Å²) in [7, 11) is 7.16. The van der Waals surface area contributed by atoms with Gasteiger partial charge < -0.3 is 28.7 Å². The first-order valence-electron chi connectivity index (χ1n) is 23.2. The second kappa shape index (κ2) is 36.1. The normalized spacial score (nSPS) is 15.0. The molecule has 54 heavy (non-hydrogen) atoms. The van der Waals surface area contributed by atoms with Gasteiger partial charge in [0.1, 0.15) is 13.2 Å². The Labute approximate surface area is 335 Å². The molecule has 0 aliphatic rings. The molecule has 0 aromatic carbocycles. The molecule has 0 bridgehead atoms. The zero-order valence-corrected chi connectivity index (χ0v) is 37.0. The molecule has 322 valence electrons. The van der Waals surface area contributed by atoms with Crippen molar-refractivity contribution < 1.29 is 38.2 Å². The van der Waals surface area contributed by atoms with Gasteiger partial charge in [-0.25, -0.2) is 9.59 Å². The van der Waals surface area contributed by atoms with Crippen molar-refractivity contribution in [3.63, 3.8) is 0 Å². The van der Waals surface area contributed by atoms with Crippen LogP contribution in [0.15, 0.2) is 0 Å². The van der Waals surface area contributed by atoms with Gasteiger partial charge in [0, 0.05) is 0 Å². The SMILES string of the molecule is CCCCCCCCCCCC[N+](C)(CCCCCCCCCCCC[N+](C)(CCCCCCCCCCCC)[C@@H](CO)C(=O)OC)[C@@H](CO)C(=O)OC. The average Bonchev–Trinajstić information content (AvgIpc) is 3.17. The van der Waals surface area contributed by atoms with E-state index in [-0.39, 0.29) is 25.2 Å². The molecule has 4 atom stereocenters. The van der Waals surface area contributed by atoms with Crippen molar-refractivity contribution in [2.24, 2.45) is 0 Å². The summed E-state index contributed by atoms with van der Waals surface area (Å²) in [6.07, 6.45) is 37.7. The van der Waals surface area contributed by atoms with Gasteiger partial charge in [0.2, 0.25) is 12.1 Å². The number of aliphatic hydroxyl groups excluding tert-OH is 2. The summed E-state index contributed by atoms with van der Waals surface area (Å²) < 4.78 is 11.4. The number of esters is 2. The van der Waals surface area contributed by atoms with E-state index in [1.807, 2.05) is 0 Å². The van der Waals surface area contributed by atoms with Crippen LogP contribution < -0.4 is 0 Å². The van der Waals surface area contributed by atoms with E-state index in [9.17, 15) is 19.8 Å². The fraction of sp³-hybridized carbons (Fsp3) is 0.957. The van der Waals surface area contributed by atoms with Crippen molar-refractivity contribution in [3.8, 4) is 0 Å². The quantitative estimate of drug-likeness (QED) is 0.0365. The van der Waals surface area contributed by atoms with Crippen LogP contribution in [0.5, 0.6) is 0 Å². The lowest BCUT2D eigenvalue weighted by Crippen LogP contribution is -2.58. The smallest absolute Gasteiger partial charge is 0.367 e. The molecule has 8 nitrogen and oxygen atoms in total. The summed E-state index contributed by atoms with van der Waals surface area (Å²) in [5, 5.41) is 20.3. The van der Waals surface area contributed by atoms with Gasteiger partial charge in [0.15, 0.2) is 0 Å². The van der Waals surface area contributed by atoms with Gasteiger partial charge in [-0.05, 0) is 51.4 Å². The molecular weight excluding hydrogens is 677 g/mol. The number of hydrogen-bond acceptors (Lipinski definition) is 6. The third-order valence-electron chi connectivity index (χ3n) is 12.4. The maximum absolute atomic E-state index is 12.6. The van der Waals surface area contributed by atoms with E-state index in [2.05, 4.69) is 27.9 Å². The van der Waals surface area contributed by atoms with Crippen LogP contribution in [0.4, 0.5) is 0 Å². The highest BCUT2D eigenvalue weighted by molar-refractivity contribution is 5.74. The van der Waals surface area contributed by atoms with Crippen molar-refractivity contribution in [2.75, 3.05) is 67.7 Å². The van der Waals surface area contributed by atoms with Gasteiger partial charge >= 0.3 is 11.9 Å². The molecule has 0 spiro atoms. The van der Waals surface area contributed by atoms with Crippen LogP contribution in [-0.4, -0.2) is 111 Å². The number of unbranched alkanes of at least 4 members (excludes halogenated alkanes) is 27. The van der Waals surface area contributed by atoms with E-state index in [1.165, 1.54) is 168 Å².